The van der Waals surface area contributed by atoms with Gasteiger partial charge in [0.25, 0.3) is 0 Å². The molecule has 6 heteroatoms. The van der Waals surface area contributed by atoms with Crippen LogP contribution < -0.4 is 4.72 Å². The number of nitrogens with zero attached hydrogens (tertiary/aromatic N) is 2. The molecule has 0 atom stereocenters. The van der Waals surface area contributed by atoms with Crippen LogP contribution in [-0.4, -0.2) is 8.42 Å². The van der Waals surface area contributed by atoms with Gasteiger partial charge in [-0.2, -0.15) is 10.5 Å². The maximum atomic E-state index is 12.2. The van der Waals surface area contributed by atoms with Gasteiger partial charge in [0, 0.05) is 6.54 Å². The smallest absolute Gasteiger partial charge is 0.207 e. The van der Waals surface area contributed by atoms with Crippen LogP contribution in [0.4, 0.5) is 0 Å². The van der Waals surface area contributed by atoms with Crippen LogP contribution in [0.15, 0.2) is 53.4 Å². The van der Waals surface area contributed by atoms with Crippen molar-refractivity contribution >= 4 is 10.0 Å². The van der Waals surface area contributed by atoms with Gasteiger partial charge in [-0.1, -0.05) is 24.3 Å². The summed E-state index contributed by atoms with van der Waals surface area (Å²) in [6.07, 6.45) is 0. The summed E-state index contributed by atoms with van der Waals surface area (Å²) >= 11 is 0. The second-order valence-corrected chi connectivity index (χ2v) is 5.98. The summed E-state index contributed by atoms with van der Waals surface area (Å²) in [5.41, 5.74) is 1.34. The number of sulfonamides is 1. The summed E-state index contributed by atoms with van der Waals surface area (Å²) in [5.74, 6) is 0. The highest BCUT2D eigenvalue weighted by atomic mass is 32.2. The molecule has 0 aromatic heterocycles. The van der Waals surface area contributed by atoms with Crippen LogP contribution in [0.3, 0.4) is 0 Å². The molecule has 5 nitrogen and oxygen atoms in total. The first-order valence-electron chi connectivity index (χ1n) is 6.04. The summed E-state index contributed by atoms with van der Waals surface area (Å²) in [5, 5.41) is 17.7. The van der Waals surface area contributed by atoms with E-state index in [1.165, 1.54) is 12.1 Å². The minimum absolute atomic E-state index is 0.0406. The lowest BCUT2D eigenvalue weighted by atomic mass is 10.1. The van der Waals surface area contributed by atoms with Crippen molar-refractivity contribution < 1.29 is 8.42 Å². The molecule has 0 saturated carbocycles. The Bertz CT molecular complexity index is 828. The van der Waals surface area contributed by atoms with E-state index in [0.29, 0.717) is 5.56 Å². The number of hydrogen-bond donors (Lipinski definition) is 1. The average molecular weight is 297 g/mol. The van der Waals surface area contributed by atoms with Crippen LogP contribution in [0.25, 0.3) is 0 Å². The van der Waals surface area contributed by atoms with Gasteiger partial charge in [-0.3, -0.25) is 0 Å². The van der Waals surface area contributed by atoms with Gasteiger partial charge in [0.15, 0.2) is 0 Å². The zero-order chi connectivity index (χ0) is 15.3. The number of nitrogens with one attached hydrogen (secondary N) is 1. The van der Waals surface area contributed by atoms with Crippen molar-refractivity contribution in [2.24, 2.45) is 0 Å². The van der Waals surface area contributed by atoms with E-state index >= 15 is 0 Å². The Hall–Kier alpha value is -2.67. The Morgan fingerprint density at radius 3 is 2.24 bits per heavy atom. The molecule has 0 aliphatic rings. The molecule has 0 aliphatic carbocycles. The predicted molar refractivity (Wildman–Crippen MR) is 76.3 cm³/mol. The Balaban J connectivity index is 2.18. The molecule has 0 saturated heterocycles. The van der Waals surface area contributed by atoms with Gasteiger partial charge >= 0.3 is 0 Å². The summed E-state index contributed by atoms with van der Waals surface area (Å²) in [6, 6.07) is 16.5. The van der Waals surface area contributed by atoms with E-state index in [0.717, 1.165) is 5.56 Å². The Morgan fingerprint density at radius 1 is 0.952 bits per heavy atom. The monoisotopic (exact) mass is 297 g/mol. The number of benzene rings is 2. The highest BCUT2D eigenvalue weighted by Gasteiger charge is 2.17. The summed E-state index contributed by atoms with van der Waals surface area (Å²) in [4.78, 5) is -0.0406. The Kier molecular flexibility index (Phi) is 4.34. The third-order valence-electron chi connectivity index (χ3n) is 2.85. The van der Waals surface area contributed by atoms with E-state index in [1.807, 2.05) is 12.1 Å². The third kappa shape index (κ3) is 3.46. The van der Waals surface area contributed by atoms with Crippen molar-refractivity contribution in [3.8, 4) is 12.1 Å². The van der Waals surface area contributed by atoms with E-state index < -0.39 is 10.0 Å². The summed E-state index contributed by atoms with van der Waals surface area (Å²) in [6.45, 7) is 0.0911. The molecule has 21 heavy (non-hydrogen) atoms. The molecule has 2 aromatic carbocycles. The summed E-state index contributed by atoms with van der Waals surface area (Å²) in [7, 11) is -3.75. The van der Waals surface area contributed by atoms with Crippen molar-refractivity contribution in [1.82, 2.24) is 4.72 Å². The molecule has 0 spiro atoms. The van der Waals surface area contributed by atoms with E-state index in [2.05, 4.69) is 4.72 Å². The van der Waals surface area contributed by atoms with Gasteiger partial charge in [-0.15, -0.1) is 0 Å². The highest BCUT2D eigenvalue weighted by molar-refractivity contribution is 7.89. The SMILES string of the molecule is N#Cc1ccc(CNS(=O)(=O)c2ccccc2C#N)cc1. The molecule has 104 valence electrons. The number of rotatable bonds is 4. The van der Waals surface area contributed by atoms with Crippen molar-refractivity contribution in [1.29, 1.82) is 10.5 Å². The topological polar surface area (TPSA) is 93.8 Å². The molecule has 0 heterocycles. The van der Waals surface area contributed by atoms with E-state index in [-0.39, 0.29) is 17.0 Å². The fraction of sp³-hybridized carbons (Fsp3) is 0.0667. The van der Waals surface area contributed by atoms with Gasteiger partial charge in [0.2, 0.25) is 10.0 Å². The second-order valence-electron chi connectivity index (χ2n) is 4.24. The first-order chi connectivity index (χ1) is 10.1. The Labute approximate surface area is 123 Å². The van der Waals surface area contributed by atoms with Crippen LogP contribution in [-0.2, 0) is 16.6 Å². The lowest BCUT2D eigenvalue weighted by Gasteiger charge is -2.08. The highest BCUT2D eigenvalue weighted by Crippen LogP contribution is 2.14. The lowest BCUT2D eigenvalue weighted by Crippen LogP contribution is -2.24. The number of nitriles is 2. The molecule has 2 aromatic rings. The first-order valence-corrected chi connectivity index (χ1v) is 7.53. The van der Waals surface area contributed by atoms with Gasteiger partial charge in [-0.25, -0.2) is 13.1 Å². The summed E-state index contributed by atoms with van der Waals surface area (Å²) < 4.78 is 26.8. The van der Waals surface area contributed by atoms with Crippen LogP contribution in [0, 0.1) is 22.7 Å². The zero-order valence-electron chi connectivity index (χ0n) is 10.9. The molecule has 2 rings (SSSR count). The predicted octanol–water partition coefficient (Wildman–Crippen LogP) is 1.91. The van der Waals surface area contributed by atoms with Crippen molar-refractivity contribution in [3.05, 3.63) is 65.2 Å². The quantitative estimate of drug-likeness (QED) is 0.932. The van der Waals surface area contributed by atoms with Gasteiger partial charge in [-0.05, 0) is 29.8 Å². The minimum atomic E-state index is -3.75. The molecular formula is C15H11N3O2S. The second kappa shape index (κ2) is 6.19. The minimum Gasteiger partial charge on any atom is -0.207 e. The molecule has 1 N–H and O–H groups in total. The zero-order valence-corrected chi connectivity index (χ0v) is 11.8. The fourth-order valence-corrected chi connectivity index (χ4v) is 2.92. The van der Waals surface area contributed by atoms with E-state index in [9.17, 15) is 8.42 Å². The molecule has 0 fully saturated rings. The van der Waals surface area contributed by atoms with E-state index in [1.54, 1.807) is 36.4 Å². The van der Waals surface area contributed by atoms with Crippen LogP contribution in [0.2, 0.25) is 0 Å². The van der Waals surface area contributed by atoms with Gasteiger partial charge < -0.3 is 0 Å². The number of hydrogen-bond acceptors (Lipinski definition) is 4. The normalized spacial score (nSPS) is 10.6. The van der Waals surface area contributed by atoms with Gasteiger partial charge in [0.1, 0.15) is 6.07 Å². The van der Waals surface area contributed by atoms with Crippen molar-refractivity contribution in [3.63, 3.8) is 0 Å². The first kappa shape index (κ1) is 14.7. The van der Waals surface area contributed by atoms with E-state index in [4.69, 9.17) is 10.5 Å². The maximum Gasteiger partial charge on any atom is 0.242 e. The molecular weight excluding hydrogens is 286 g/mol. The standard InChI is InChI=1S/C15H11N3O2S/c16-9-12-5-7-13(8-6-12)11-18-21(19,20)15-4-2-1-3-14(15)10-17/h1-8,18H,11H2. The molecule has 0 bridgehead atoms. The average Bonchev–Trinajstić information content (AvgIpc) is 2.53. The van der Waals surface area contributed by atoms with Crippen LogP contribution >= 0.6 is 0 Å². The Morgan fingerprint density at radius 2 is 1.62 bits per heavy atom. The maximum absolute atomic E-state index is 12.2. The third-order valence-corrected chi connectivity index (χ3v) is 4.31. The van der Waals surface area contributed by atoms with Crippen molar-refractivity contribution in [2.45, 2.75) is 11.4 Å². The fourth-order valence-electron chi connectivity index (χ4n) is 1.75. The van der Waals surface area contributed by atoms with Crippen LogP contribution in [0.1, 0.15) is 16.7 Å². The lowest BCUT2D eigenvalue weighted by molar-refractivity contribution is 0.581. The molecule has 0 aliphatic heterocycles. The molecule has 0 amide bonds. The largest absolute Gasteiger partial charge is 0.242 e. The van der Waals surface area contributed by atoms with Crippen molar-refractivity contribution in [2.75, 3.05) is 0 Å². The molecule has 0 radical (unpaired) electrons. The molecule has 0 unspecified atom stereocenters. The van der Waals surface area contributed by atoms with Gasteiger partial charge in [0.05, 0.1) is 22.1 Å². The van der Waals surface area contributed by atoms with Crippen LogP contribution in [0.5, 0.6) is 0 Å².